The van der Waals surface area contributed by atoms with E-state index in [1.165, 1.54) is 27.6 Å². The number of nitrogens with zero attached hydrogens (tertiary/aromatic N) is 4. The van der Waals surface area contributed by atoms with Crippen LogP contribution in [0.15, 0.2) is 65.5 Å². The first-order valence-corrected chi connectivity index (χ1v) is 12.0. The fourth-order valence-corrected chi connectivity index (χ4v) is 4.96. The maximum atomic E-state index is 12.9. The number of likely N-dealkylation sites (N-methyl/N-ethyl adjacent to an activating group) is 1. The molecule has 2 aromatic carbocycles. The van der Waals surface area contributed by atoms with Gasteiger partial charge in [0.05, 0.1) is 5.75 Å². The van der Waals surface area contributed by atoms with Gasteiger partial charge in [0.1, 0.15) is 0 Å². The van der Waals surface area contributed by atoms with Gasteiger partial charge in [0.25, 0.3) is 0 Å². The van der Waals surface area contributed by atoms with E-state index in [0.717, 1.165) is 16.9 Å². The van der Waals surface area contributed by atoms with Gasteiger partial charge in [-0.25, -0.2) is 4.68 Å². The molecule has 4 rings (SSSR count). The number of carbonyl (C=O) groups excluding carboxylic acids is 1. The van der Waals surface area contributed by atoms with E-state index in [0.29, 0.717) is 11.0 Å². The van der Waals surface area contributed by atoms with Gasteiger partial charge in [0, 0.05) is 35.5 Å². The van der Waals surface area contributed by atoms with Crippen LogP contribution in [0, 0.1) is 0 Å². The second kappa shape index (κ2) is 8.37. The number of benzene rings is 2. The zero-order valence-electron chi connectivity index (χ0n) is 20.1. The molecule has 172 valence electrons. The lowest BCUT2D eigenvalue weighted by Gasteiger charge is -2.23. The van der Waals surface area contributed by atoms with Crippen LogP contribution in [0.5, 0.6) is 0 Å². The quantitative estimate of drug-likeness (QED) is 0.330. The average Bonchev–Trinajstić information content (AvgIpc) is 3.23. The number of ketones is 1. The van der Waals surface area contributed by atoms with Gasteiger partial charge in [-0.2, -0.15) is 0 Å². The summed E-state index contributed by atoms with van der Waals surface area (Å²) in [6.07, 6.45) is 1.75. The number of fused-ring (bicyclic) bond motifs is 1. The van der Waals surface area contributed by atoms with Crippen molar-refractivity contribution in [1.82, 2.24) is 14.9 Å². The van der Waals surface area contributed by atoms with Gasteiger partial charge >= 0.3 is 0 Å². The van der Waals surface area contributed by atoms with Crippen LogP contribution in [0.2, 0.25) is 0 Å². The third kappa shape index (κ3) is 4.29. The Kier molecular flexibility index (Phi) is 5.86. The molecule has 0 aliphatic carbocycles. The van der Waals surface area contributed by atoms with Crippen molar-refractivity contribution in [1.29, 1.82) is 0 Å². The van der Waals surface area contributed by atoms with Crippen molar-refractivity contribution < 1.29 is 4.79 Å². The van der Waals surface area contributed by atoms with E-state index in [1.807, 2.05) is 31.3 Å². The summed E-state index contributed by atoms with van der Waals surface area (Å²) >= 11 is 1.30. The summed E-state index contributed by atoms with van der Waals surface area (Å²) in [5.41, 5.74) is 5.33. The predicted octanol–water partition coefficient (Wildman–Crippen LogP) is 4.93. The number of carbonyl (C=O) groups is 1. The molecule has 0 unspecified atom stereocenters. The molecular weight excluding hydrogens is 430 g/mol. The number of anilines is 1. The Balaban J connectivity index is 1.47. The third-order valence-electron chi connectivity index (χ3n) is 6.26. The second-order valence-corrected chi connectivity index (χ2v) is 10.9. The first-order valence-electron chi connectivity index (χ1n) is 11.0. The highest BCUT2D eigenvalue weighted by atomic mass is 32.2. The summed E-state index contributed by atoms with van der Waals surface area (Å²) < 4.78 is 1.46. The molecule has 2 heterocycles. The summed E-state index contributed by atoms with van der Waals surface area (Å²) in [5.74, 6) is 7.10. The highest BCUT2D eigenvalue weighted by molar-refractivity contribution is 7.99. The van der Waals surface area contributed by atoms with E-state index in [1.54, 1.807) is 6.08 Å². The Morgan fingerprint density at radius 1 is 1.09 bits per heavy atom. The number of thioether (sulfide) groups is 1. The fourth-order valence-electron chi connectivity index (χ4n) is 4.28. The molecule has 1 aromatic heterocycles. The second-order valence-electron chi connectivity index (χ2n) is 9.99. The number of nitrogen functional groups attached to an aromatic ring is 1. The molecule has 0 saturated heterocycles. The molecule has 2 N–H and O–H groups in total. The molecule has 3 aromatic rings. The zero-order valence-corrected chi connectivity index (χ0v) is 20.9. The average molecular weight is 462 g/mol. The maximum absolute atomic E-state index is 12.9. The topological polar surface area (TPSA) is 77.0 Å². The summed E-state index contributed by atoms with van der Waals surface area (Å²) in [6, 6.07) is 16.5. The van der Waals surface area contributed by atoms with E-state index in [4.69, 9.17) is 5.84 Å². The number of hydrogen-bond acceptors (Lipinski definition) is 6. The molecule has 0 atom stereocenters. The molecule has 6 nitrogen and oxygen atoms in total. The van der Waals surface area contributed by atoms with Gasteiger partial charge in [0.2, 0.25) is 5.16 Å². The third-order valence-corrected chi connectivity index (χ3v) is 7.22. The monoisotopic (exact) mass is 461 g/mol. The molecule has 0 fully saturated rings. The van der Waals surface area contributed by atoms with E-state index >= 15 is 0 Å². The van der Waals surface area contributed by atoms with Crippen molar-refractivity contribution in [3.63, 3.8) is 0 Å². The van der Waals surface area contributed by atoms with Gasteiger partial charge in [-0.15, -0.1) is 10.2 Å². The van der Waals surface area contributed by atoms with Crippen LogP contribution in [-0.2, 0) is 15.6 Å². The lowest BCUT2D eigenvalue weighted by atomic mass is 9.83. The minimum absolute atomic E-state index is 0.0156. The Morgan fingerprint density at radius 3 is 2.39 bits per heavy atom. The zero-order chi connectivity index (χ0) is 24.0. The minimum atomic E-state index is -0.230. The summed E-state index contributed by atoms with van der Waals surface area (Å²) in [7, 11) is 2.01. The lowest BCUT2D eigenvalue weighted by molar-refractivity contribution is -0.112. The van der Waals surface area contributed by atoms with Crippen LogP contribution in [0.1, 0.15) is 45.7 Å². The van der Waals surface area contributed by atoms with Crippen molar-refractivity contribution in [3.05, 3.63) is 71.4 Å². The van der Waals surface area contributed by atoms with Gasteiger partial charge in [-0.3, -0.25) is 4.79 Å². The summed E-state index contributed by atoms with van der Waals surface area (Å²) in [6.45, 7) is 10.8. The molecule has 0 bridgehead atoms. The van der Waals surface area contributed by atoms with Gasteiger partial charge in [0.15, 0.2) is 11.6 Å². The number of para-hydroxylation sites is 1. The molecular formula is C26H31N5OS. The van der Waals surface area contributed by atoms with Crippen LogP contribution in [-0.4, -0.2) is 33.5 Å². The Bertz CT molecular complexity index is 1220. The SMILES string of the molecule is CN1/C(=C\C(=O)CSc2nnc(-c3ccc(C(C)(C)C)cc3)n2N)C(C)(C)c2ccccc21. The van der Waals surface area contributed by atoms with Crippen LogP contribution in [0.4, 0.5) is 5.69 Å². The normalized spacial score (nSPS) is 16.3. The first-order chi connectivity index (χ1) is 15.5. The summed E-state index contributed by atoms with van der Waals surface area (Å²) in [4.78, 5) is 15.0. The highest BCUT2D eigenvalue weighted by Gasteiger charge is 2.38. The molecule has 0 amide bonds. The number of rotatable bonds is 5. The Hall–Kier alpha value is -3.06. The standard InChI is InChI=1S/C26H31N5OS/c1-25(2,3)18-13-11-17(12-14-18)23-28-29-24(31(23)27)33-16-19(32)15-22-26(4,5)20-9-7-8-10-21(20)30(22)6/h7-15H,16,27H2,1-6H3/b22-15-. The maximum Gasteiger partial charge on any atom is 0.210 e. The van der Waals surface area contributed by atoms with Crippen molar-refractivity contribution in [3.8, 4) is 11.4 Å². The van der Waals surface area contributed by atoms with Crippen molar-refractivity contribution >= 4 is 23.2 Å². The molecule has 0 spiro atoms. The largest absolute Gasteiger partial charge is 0.347 e. The number of allylic oxidation sites excluding steroid dienone is 2. The van der Waals surface area contributed by atoms with Crippen LogP contribution >= 0.6 is 11.8 Å². The number of aromatic nitrogens is 3. The van der Waals surface area contributed by atoms with Crippen LogP contribution < -0.4 is 10.7 Å². The smallest absolute Gasteiger partial charge is 0.210 e. The van der Waals surface area contributed by atoms with Crippen molar-refractivity contribution in [2.45, 2.75) is 50.6 Å². The van der Waals surface area contributed by atoms with Gasteiger partial charge in [-0.05, 0) is 22.6 Å². The van der Waals surface area contributed by atoms with Crippen molar-refractivity contribution in [2.24, 2.45) is 0 Å². The van der Waals surface area contributed by atoms with Crippen LogP contribution in [0.3, 0.4) is 0 Å². The van der Waals surface area contributed by atoms with Gasteiger partial charge in [-0.1, -0.05) is 88.8 Å². The van der Waals surface area contributed by atoms with Crippen molar-refractivity contribution in [2.75, 3.05) is 23.5 Å². The molecule has 7 heteroatoms. The molecule has 1 aliphatic heterocycles. The van der Waals surface area contributed by atoms with Crippen LogP contribution in [0.25, 0.3) is 11.4 Å². The first kappa shape index (κ1) is 23.1. The minimum Gasteiger partial charge on any atom is -0.347 e. The highest BCUT2D eigenvalue weighted by Crippen LogP contribution is 2.46. The molecule has 0 radical (unpaired) electrons. The van der Waals surface area contributed by atoms with E-state index in [2.05, 4.69) is 74.0 Å². The predicted molar refractivity (Wildman–Crippen MR) is 136 cm³/mol. The van der Waals surface area contributed by atoms with E-state index < -0.39 is 0 Å². The Labute approximate surface area is 199 Å². The number of hydrogen-bond donors (Lipinski definition) is 1. The number of nitrogens with two attached hydrogens (primary N) is 1. The molecule has 33 heavy (non-hydrogen) atoms. The van der Waals surface area contributed by atoms with E-state index in [9.17, 15) is 4.79 Å². The fraction of sp³-hybridized carbons (Fsp3) is 0.346. The van der Waals surface area contributed by atoms with Gasteiger partial charge < -0.3 is 10.7 Å². The summed E-state index contributed by atoms with van der Waals surface area (Å²) in [5, 5.41) is 8.98. The molecule has 1 aliphatic rings. The van der Waals surface area contributed by atoms with E-state index in [-0.39, 0.29) is 22.4 Å². The Morgan fingerprint density at radius 2 is 1.76 bits per heavy atom. The molecule has 0 saturated carbocycles. The lowest BCUT2D eigenvalue weighted by Crippen LogP contribution is -2.24.